The lowest BCUT2D eigenvalue weighted by Crippen LogP contribution is -2.08. The number of aromatic nitrogens is 2. The van der Waals surface area contributed by atoms with E-state index in [4.69, 9.17) is 5.73 Å². The second kappa shape index (κ2) is 3.87. The Hall–Kier alpha value is -1.61. The first-order valence-corrected chi connectivity index (χ1v) is 5.03. The molecule has 0 aliphatic carbocycles. The minimum absolute atomic E-state index is 0.514. The Morgan fingerprint density at radius 2 is 1.87 bits per heavy atom. The molecule has 0 spiro atoms. The zero-order valence-corrected chi connectivity index (χ0v) is 9.07. The summed E-state index contributed by atoms with van der Waals surface area (Å²) in [7, 11) is 0. The molecule has 2 aromatic rings. The molecule has 78 valence electrons. The minimum Gasteiger partial charge on any atom is -0.326 e. The van der Waals surface area contributed by atoms with Crippen molar-refractivity contribution in [3.63, 3.8) is 0 Å². The van der Waals surface area contributed by atoms with Gasteiger partial charge in [-0.3, -0.25) is 0 Å². The van der Waals surface area contributed by atoms with E-state index in [9.17, 15) is 0 Å². The van der Waals surface area contributed by atoms with E-state index in [1.807, 2.05) is 12.1 Å². The maximum Gasteiger partial charge on any atom is 0.141 e. The van der Waals surface area contributed by atoms with Crippen molar-refractivity contribution in [1.82, 2.24) is 9.55 Å². The van der Waals surface area contributed by atoms with Gasteiger partial charge in [0, 0.05) is 29.7 Å². The largest absolute Gasteiger partial charge is 0.326 e. The van der Waals surface area contributed by atoms with Crippen LogP contribution in [0.2, 0.25) is 0 Å². The van der Waals surface area contributed by atoms with Gasteiger partial charge in [-0.1, -0.05) is 6.07 Å². The highest BCUT2D eigenvalue weighted by atomic mass is 15.1. The molecule has 2 N–H and O–H groups in total. The van der Waals surface area contributed by atoms with E-state index in [1.165, 1.54) is 11.4 Å². The summed E-state index contributed by atoms with van der Waals surface area (Å²) in [6.45, 7) is 4.66. The summed E-state index contributed by atoms with van der Waals surface area (Å²) in [5.41, 5.74) is 9.14. The van der Waals surface area contributed by atoms with Crippen LogP contribution in [0.4, 0.5) is 0 Å². The van der Waals surface area contributed by atoms with E-state index in [0.29, 0.717) is 6.54 Å². The van der Waals surface area contributed by atoms with Crippen LogP contribution < -0.4 is 5.73 Å². The molecular formula is C12H15N3. The Bertz CT molecular complexity index is 452. The molecule has 15 heavy (non-hydrogen) atoms. The van der Waals surface area contributed by atoms with Gasteiger partial charge in [0.25, 0.3) is 0 Å². The second-order valence-electron chi connectivity index (χ2n) is 3.64. The number of rotatable bonds is 2. The third kappa shape index (κ3) is 1.66. The first-order chi connectivity index (χ1) is 7.24. The van der Waals surface area contributed by atoms with Crippen molar-refractivity contribution in [1.29, 1.82) is 0 Å². The smallest absolute Gasteiger partial charge is 0.141 e. The average Bonchev–Trinajstić information content (AvgIpc) is 2.59. The van der Waals surface area contributed by atoms with Crippen LogP contribution in [0, 0.1) is 13.8 Å². The fourth-order valence-corrected chi connectivity index (χ4v) is 1.79. The van der Waals surface area contributed by atoms with Gasteiger partial charge in [0.15, 0.2) is 0 Å². The molecule has 0 aliphatic rings. The quantitative estimate of drug-likeness (QED) is 0.807. The van der Waals surface area contributed by atoms with Gasteiger partial charge in [-0.2, -0.15) is 0 Å². The predicted molar refractivity (Wildman–Crippen MR) is 60.9 cm³/mol. The van der Waals surface area contributed by atoms with Gasteiger partial charge >= 0.3 is 0 Å². The SMILES string of the molecule is Cc1ccc(C)n1-c1ncccc1CN. The molecule has 3 heteroatoms. The maximum atomic E-state index is 5.70. The van der Waals surface area contributed by atoms with E-state index in [-0.39, 0.29) is 0 Å². The summed E-state index contributed by atoms with van der Waals surface area (Å²) >= 11 is 0. The van der Waals surface area contributed by atoms with Gasteiger partial charge in [0.1, 0.15) is 5.82 Å². The molecule has 0 bridgehead atoms. The van der Waals surface area contributed by atoms with Crippen LogP contribution in [-0.2, 0) is 6.54 Å². The molecule has 2 heterocycles. The van der Waals surface area contributed by atoms with Crippen molar-refractivity contribution in [3.8, 4) is 5.82 Å². The highest BCUT2D eigenvalue weighted by molar-refractivity contribution is 5.38. The van der Waals surface area contributed by atoms with E-state index in [2.05, 4.69) is 35.5 Å². The van der Waals surface area contributed by atoms with Crippen LogP contribution in [0.15, 0.2) is 30.5 Å². The number of pyridine rings is 1. The fraction of sp³-hybridized carbons (Fsp3) is 0.250. The number of hydrogen-bond donors (Lipinski definition) is 1. The Balaban J connectivity index is 2.63. The van der Waals surface area contributed by atoms with Crippen LogP contribution in [0.25, 0.3) is 5.82 Å². The molecule has 0 fully saturated rings. The van der Waals surface area contributed by atoms with Crippen LogP contribution in [0.3, 0.4) is 0 Å². The fourth-order valence-electron chi connectivity index (χ4n) is 1.79. The number of nitrogens with two attached hydrogens (primary N) is 1. The second-order valence-corrected chi connectivity index (χ2v) is 3.64. The summed E-state index contributed by atoms with van der Waals surface area (Å²) < 4.78 is 2.13. The van der Waals surface area contributed by atoms with Crippen LogP contribution in [0.5, 0.6) is 0 Å². The van der Waals surface area contributed by atoms with E-state index >= 15 is 0 Å². The van der Waals surface area contributed by atoms with Crippen LogP contribution >= 0.6 is 0 Å². The molecule has 0 aromatic carbocycles. The third-order valence-corrected chi connectivity index (χ3v) is 2.57. The number of aryl methyl sites for hydroxylation is 2. The molecule has 2 aromatic heterocycles. The number of nitrogens with zero attached hydrogens (tertiary/aromatic N) is 2. The first kappa shape index (κ1) is 9.93. The van der Waals surface area contributed by atoms with E-state index in [1.54, 1.807) is 6.20 Å². The van der Waals surface area contributed by atoms with Crippen LogP contribution in [-0.4, -0.2) is 9.55 Å². The van der Waals surface area contributed by atoms with Gasteiger partial charge in [-0.05, 0) is 32.0 Å². The standard InChI is InChI=1S/C12H15N3/c1-9-5-6-10(2)15(9)12-11(8-13)4-3-7-14-12/h3-7H,8,13H2,1-2H3. The molecule has 0 amide bonds. The molecule has 0 aliphatic heterocycles. The molecule has 0 atom stereocenters. The van der Waals surface area contributed by atoms with E-state index in [0.717, 1.165) is 11.4 Å². The van der Waals surface area contributed by atoms with Crippen molar-refractivity contribution in [3.05, 3.63) is 47.4 Å². The van der Waals surface area contributed by atoms with Gasteiger partial charge in [-0.25, -0.2) is 4.98 Å². The van der Waals surface area contributed by atoms with Crippen molar-refractivity contribution >= 4 is 0 Å². The van der Waals surface area contributed by atoms with Crippen molar-refractivity contribution in [2.45, 2.75) is 20.4 Å². The maximum absolute atomic E-state index is 5.70. The number of hydrogen-bond acceptors (Lipinski definition) is 2. The van der Waals surface area contributed by atoms with Crippen molar-refractivity contribution in [2.75, 3.05) is 0 Å². The van der Waals surface area contributed by atoms with Gasteiger partial charge in [0.2, 0.25) is 0 Å². The molecular weight excluding hydrogens is 186 g/mol. The van der Waals surface area contributed by atoms with Crippen LogP contribution in [0.1, 0.15) is 17.0 Å². The minimum atomic E-state index is 0.514. The summed E-state index contributed by atoms with van der Waals surface area (Å²) in [4.78, 5) is 4.40. The van der Waals surface area contributed by atoms with Gasteiger partial charge in [-0.15, -0.1) is 0 Å². The summed E-state index contributed by atoms with van der Waals surface area (Å²) in [6.07, 6.45) is 1.80. The Kier molecular flexibility index (Phi) is 2.56. The van der Waals surface area contributed by atoms with Crippen molar-refractivity contribution in [2.24, 2.45) is 5.73 Å². The van der Waals surface area contributed by atoms with Crippen molar-refractivity contribution < 1.29 is 0 Å². The normalized spacial score (nSPS) is 10.6. The zero-order chi connectivity index (χ0) is 10.8. The monoisotopic (exact) mass is 201 g/mol. The molecule has 2 rings (SSSR count). The topological polar surface area (TPSA) is 43.8 Å². The molecule has 0 saturated carbocycles. The Labute approximate surface area is 89.6 Å². The highest BCUT2D eigenvalue weighted by Crippen LogP contribution is 2.17. The lowest BCUT2D eigenvalue weighted by Gasteiger charge is -2.11. The third-order valence-electron chi connectivity index (χ3n) is 2.57. The lowest BCUT2D eigenvalue weighted by molar-refractivity contribution is 0.886. The average molecular weight is 201 g/mol. The Morgan fingerprint density at radius 3 is 2.47 bits per heavy atom. The predicted octanol–water partition coefficient (Wildman–Crippen LogP) is 1.95. The summed E-state index contributed by atoms with van der Waals surface area (Å²) in [5, 5.41) is 0. The molecule has 0 saturated heterocycles. The Morgan fingerprint density at radius 1 is 1.20 bits per heavy atom. The molecule has 0 unspecified atom stereocenters. The molecule has 0 radical (unpaired) electrons. The summed E-state index contributed by atoms with van der Waals surface area (Å²) in [5.74, 6) is 0.944. The first-order valence-electron chi connectivity index (χ1n) is 5.03. The van der Waals surface area contributed by atoms with E-state index < -0.39 is 0 Å². The zero-order valence-electron chi connectivity index (χ0n) is 9.07. The molecule has 3 nitrogen and oxygen atoms in total. The summed E-state index contributed by atoms with van der Waals surface area (Å²) in [6, 6.07) is 8.11. The van der Waals surface area contributed by atoms with Gasteiger partial charge in [0.05, 0.1) is 0 Å². The highest BCUT2D eigenvalue weighted by Gasteiger charge is 2.08. The lowest BCUT2D eigenvalue weighted by atomic mass is 10.2. The van der Waals surface area contributed by atoms with Gasteiger partial charge < -0.3 is 10.3 Å².